The highest BCUT2D eigenvalue weighted by Crippen LogP contribution is 2.28. The normalized spacial score (nSPS) is 14.8. The van der Waals surface area contributed by atoms with Gasteiger partial charge in [-0.2, -0.15) is 13.2 Å². The number of hydrogen-bond donors (Lipinski definition) is 2. The largest absolute Gasteiger partial charge is 0.463 e. The summed E-state index contributed by atoms with van der Waals surface area (Å²) in [7, 11) is 0. The highest BCUT2D eigenvalue weighted by Gasteiger charge is 2.33. The quantitative estimate of drug-likeness (QED) is 0.908. The average Bonchev–Trinajstić information content (AvgIpc) is 2.83. The summed E-state index contributed by atoms with van der Waals surface area (Å²) in [4.78, 5) is 7.05. The number of anilines is 1. The van der Waals surface area contributed by atoms with Gasteiger partial charge >= 0.3 is 6.18 Å². The molecule has 2 heterocycles. The third kappa shape index (κ3) is 3.72. The van der Waals surface area contributed by atoms with Crippen LogP contribution in [-0.2, 0) is 11.8 Å². The van der Waals surface area contributed by atoms with Crippen molar-refractivity contribution < 1.29 is 22.7 Å². The summed E-state index contributed by atoms with van der Waals surface area (Å²) < 4.78 is 42.9. The van der Waals surface area contributed by atoms with Crippen LogP contribution >= 0.6 is 0 Å². The molecule has 0 saturated heterocycles. The Morgan fingerprint density at radius 1 is 1.29 bits per heavy atom. The molecule has 1 atom stereocenters. The Morgan fingerprint density at radius 3 is 2.57 bits per heavy atom. The molecule has 0 bridgehead atoms. The minimum Gasteiger partial charge on any atom is -0.463 e. The van der Waals surface area contributed by atoms with Crippen molar-refractivity contribution in [1.29, 1.82) is 0 Å². The molecule has 0 fully saturated rings. The van der Waals surface area contributed by atoms with Gasteiger partial charge in [-0.05, 0) is 32.0 Å². The van der Waals surface area contributed by atoms with Gasteiger partial charge in [-0.15, -0.1) is 0 Å². The number of nitrogens with one attached hydrogen (secondary N) is 1. The summed E-state index contributed by atoms with van der Waals surface area (Å²) in [6, 6.07) is 4.06. The Labute approximate surface area is 118 Å². The van der Waals surface area contributed by atoms with Crippen LogP contribution in [-0.4, -0.2) is 21.6 Å². The molecule has 0 aromatic carbocycles. The van der Waals surface area contributed by atoms with Gasteiger partial charge in [0.1, 0.15) is 22.8 Å². The van der Waals surface area contributed by atoms with Crippen LogP contribution < -0.4 is 5.32 Å². The van der Waals surface area contributed by atoms with Crippen molar-refractivity contribution in [2.45, 2.75) is 25.6 Å². The number of halogens is 3. The first-order valence-electron chi connectivity index (χ1n) is 6.12. The average molecular weight is 301 g/mol. The van der Waals surface area contributed by atoms with Crippen LogP contribution in [0.2, 0.25) is 0 Å². The van der Waals surface area contributed by atoms with Gasteiger partial charge in [0, 0.05) is 6.20 Å². The fourth-order valence-electron chi connectivity index (χ4n) is 1.66. The van der Waals surface area contributed by atoms with Gasteiger partial charge in [0.2, 0.25) is 5.95 Å². The zero-order valence-corrected chi connectivity index (χ0v) is 11.4. The van der Waals surface area contributed by atoms with Gasteiger partial charge in [-0.1, -0.05) is 0 Å². The number of aryl methyl sites for hydroxylation is 1. The van der Waals surface area contributed by atoms with Gasteiger partial charge < -0.3 is 14.8 Å². The fourth-order valence-corrected chi connectivity index (χ4v) is 1.66. The monoisotopic (exact) mass is 301 g/mol. The second kappa shape index (κ2) is 5.36. The summed E-state index contributed by atoms with van der Waals surface area (Å²) in [5, 5.41) is 12.8. The molecular weight excluding hydrogens is 287 g/mol. The van der Waals surface area contributed by atoms with Gasteiger partial charge in [0.15, 0.2) is 0 Å². The number of nitrogens with zero attached hydrogens (tertiary/aromatic N) is 2. The first kappa shape index (κ1) is 15.3. The third-order valence-electron chi connectivity index (χ3n) is 2.81. The Kier molecular flexibility index (Phi) is 3.91. The van der Waals surface area contributed by atoms with Crippen LogP contribution in [0, 0.1) is 6.92 Å². The molecule has 0 spiro atoms. The van der Waals surface area contributed by atoms with Crippen LogP contribution in [0.4, 0.5) is 19.1 Å². The molecular formula is C13H14F3N3O2. The standard InChI is InChI=1S/C13H14F3N3O2/c1-8-3-4-10(21-8)12(2,20)7-18-11-17-6-5-9(19-11)13(14,15)16/h3-6,20H,7H2,1-2H3,(H,17,18,19). The summed E-state index contributed by atoms with van der Waals surface area (Å²) in [5.41, 5.74) is -2.44. The minimum absolute atomic E-state index is 0.0960. The lowest BCUT2D eigenvalue weighted by Crippen LogP contribution is -2.31. The van der Waals surface area contributed by atoms with E-state index in [-0.39, 0.29) is 12.5 Å². The first-order valence-corrected chi connectivity index (χ1v) is 6.12. The highest BCUT2D eigenvalue weighted by atomic mass is 19.4. The van der Waals surface area contributed by atoms with E-state index in [1.54, 1.807) is 19.1 Å². The lowest BCUT2D eigenvalue weighted by molar-refractivity contribution is -0.141. The van der Waals surface area contributed by atoms with Crippen LogP contribution in [0.25, 0.3) is 0 Å². The molecule has 114 valence electrons. The van der Waals surface area contributed by atoms with E-state index in [0.717, 1.165) is 12.3 Å². The maximum absolute atomic E-state index is 12.5. The van der Waals surface area contributed by atoms with Gasteiger partial charge in [0.25, 0.3) is 0 Å². The molecule has 5 nitrogen and oxygen atoms in total. The summed E-state index contributed by atoms with van der Waals surface area (Å²) in [5.74, 6) is 0.716. The van der Waals surface area contributed by atoms with E-state index in [0.29, 0.717) is 11.5 Å². The molecule has 0 aliphatic rings. The zero-order valence-electron chi connectivity index (χ0n) is 11.4. The summed E-state index contributed by atoms with van der Waals surface area (Å²) >= 11 is 0. The second-order valence-electron chi connectivity index (χ2n) is 4.80. The topological polar surface area (TPSA) is 71.2 Å². The van der Waals surface area contributed by atoms with E-state index in [4.69, 9.17) is 4.42 Å². The lowest BCUT2D eigenvalue weighted by atomic mass is 10.0. The number of furan rings is 1. The van der Waals surface area contributed by atoms with Crippen LogP contribution in [0.15, 0.2) is 28.8 Å². The van der Waals surface area contributed by atoms with Gasteiger partial charge in [0.05, 0.1) is 6.54 Å². The lowest BCUT2D eigenvalue weighted by Gasteiger charge is -2.21. The van der Waals surface area contributed by atoms with Crippen LogP contribution in [0.3, 0.4) is 0 Å². The molecule has 8 heteroatoms. The Balaban J connectivity index is 2.09. The summed E-state index contributed by atoms with van der Waals surface area (Å²) in [6.45, 7) is 3.11. The molecule has 0 saturated carbocycles. The zero-order chi connectivity index (χ0) is 15.7. The maximum Gasteiger partial charge on any atom is 0.433 e. The van der Waals surface area contributed by atoms with Gasteiger partial charge in [-0.25, -0.2) is 9.97 Å². The molecule has 2 N–H and O–H groups in total. The van der Waals surface area contributed by atoms with E-state index >= 15 is 0 Å². The highest BCUT2D eigenvalue weighted by molar-refractivity contribution is 5.28. The number of aromatic nitrogens is 2. The molecule has 0 radical (unpaired) electrons. The van der Waals surface area contributed by atoms with E-state index in [1.807, 2.05) is 0 Å². The fraction of sp³-hybridized carbons (Fsp3) is 0.385. The van der Waals surface area contributed by atoms with Crippen molar-refractivity contribution in [1.82, 2.24) is 9.97 Å². The first-order chi connectivity index (χ1) is 9.68. The molecule has 2 rings (SSSR count). The van der Waals surface area contributed by atoms with Crippen molar-refractivity contribution >= 4 is 5.95 Å². The Morgan fingerprint density at radius 2 is 2.00 bits per heavy atom. The molecule has 0 aliphatic carbocycles. The molecule has 2 aromatic rings. The second-order valence-corrected chi connectivity index (χ2v) is 4.80. The number of aliphatic hydroxyl groups is 1. The van der Waals surface area contributed by atoms with Crippen molar-refractivity contribution in [3.8, 4) is 0 Å². The van der Waals surface area contributed by atoms with E-state index in [9.17, 15) is 18.3 Å². The molecule has 0 aliphatic heterocycles. The number of rotatable bonds is 4. The van der Waals surface area contributed by atoms with E-state index in [1.165, 1.54) is 6.92 Å². The SMILES string of the molecule is Cc1ccc(C(C)(O)CNc2nccc(C(F)(F)F)n2)o1. The van der Waals surface area contributed by atoms with Crippen molar-refractivity contribution in [2.24, 2.45) is 0 Å². The van der Waals surface area contributed by atoms with E-state index < -0.39 is 17.5 Å². The van der Waals surface area contributed by atoms with E-state index in [2.05, 4.69) is 15.3 Å². The predicted molar refractivity (Wildman–Crippen MR) is 68.5 cm³/mol. The molecule has 0 amide bonds. The van der Waals surface area contributed by atoms with Crippen molar-refractivity contribution in [3.05, 3.63) is 41.6 Å². The Hall–Kier alpha value is -2.09. The van der Waals surface area contributed by atoms with Crippen molar-refractivity contribution in [3.63, 3.8) is 0 Å². The van der Waals surface area contributed by atoms with Gasteiger partial charge in [-0.3, -0.25) is 0 Å². The third-order valence-corrected chi connectivity index (χ3v) is 2.81. The van der Waals surface area contributed by atoms with Crippen LogP contribution in [0.1, 0.15) is 24.1 Å². The number of hydrogen-bond acceptors (Lipinski definition) is 5. The molecule has 2 aromatic heterocycles. The maximum atomic E-state index is 12.5. The summed E-state index contributed by atoms with van der Waals surface area (Å²) in [6.07, 6.45) is -3.54. The predicted octanol–water partition coefficient (Wildman–Crippen LogP) is 2.72. The van der Waals surface area contributed by atoms with Crippen molar-refractivity contribution in [2.75, 3.05) is 11.9 Å². The number of alkyl halides is 3. The Bertz CT molecular complexity index is 623. The molecule has 1 unspecified atom stereocenters. The van der Waals surface area contributed by atoms with Crippen LogP contribution in [0.5, 0.6) is 0 Å². The smallest absolute Gasteiger partial charge is 0.433 e. The molecule has 21 heavy (non-hydrogen) atoms. The minimum atomic E-state index is -4.54.